The van der Waals surface area contributed by atoms with Gasteiger partial charge >= 0.3 is 0 Å². The molecule has 0 aromatic carbocycles. The number of nitrogens with one attached hydrogen (secondary N) is 1. The summed E-state index contributed by atoms with van der Waals surface area (Å²) in [6, 6.07) is 0. The first-order valence-corrected chi connectivity index (χ1v) is 10.2. The average Bonchev–Trinajstić information content (AvgIpc) is 3.23. The highest BCUT2D eigenvalue weighted by molar-refractivity contribution is 7.09. The normalized spacial score (nSPS) is 21.8. The van der Waals surface area contributed by atoms with Gasteiger partial charge in [-0.3, -0.25) is 0 Å². The van der Waals surface area contributed by atoms with Gasteiger partial charge < -0.3 is 9.88 Å². The fourth-order valence-electron chi connectivity index (χ4n) is 4.04. The van der Waals surface area contributed by atoms with Gasteiger partial charge in [0.05, 0.1) is 10.7 Å². The number of fused-ring (bicyclic) bond motifs is 1. The van der Waals surface area contributed by atoms with E-state index >= 15 is 0 Å². The maximum Gasteiger partial charge on any atom is 0.133 e. The summed E-state index contributed by atoms with van der Waals surface area (Å²) in [5.41, 5.74) is 1.22. The van der Waals surface area contributed by atoms with Gasteiger partial charge in [0.25, 0.3) is 0 Å². The second-order valence-corrected chi connectivity index (χ2v) is 8.21. The molecule has 3 heterocycles. The third-order valence-corrected chi connectivity index (χ3v) is 6.55. The Balaban J connectivity index is 1.26. The lowest BCUT2D eigenvalue weighted by atomic mass is 9.90. The van der Waals surface area contributed by atoms with Crippen molar-refractivity contribution >= 4 is 11.3 Å². The van der Waals surface area contributed by atoms with E-state index in [1.807, 2.05) is 18.3 Å². The summed E-state index contributed by atoms with van der Waals surface area (Å²) < 4.78 is 2.28. The minimum Gasteiger partial charge on any atom is -0.315 e. The van der Waals surface area contributed by atoms with E-state index in [0.29, 0.717) is 5.92 Å². The molecule has 0 unspecified atom stereocenters. The Bertz CT molecular complexity index is 671. The van der Waals surface area contributed by atoms with Gasteiger partial charge in [0.1, 0.15) is 11.6 Å². The Labute approximate surface area is 147 Å². The van der Waals surface area contributed by atoms with Crippen LogP contribution >= 0.6 is 11.3 Å². The summed E-state index contributed by atoms with van der Waals surface area (Å²) in [5.74, 6) is 3.60. The van der Waals surface area contributed by atoms with E-state index in [0.717, 1.165) is 43.6 Å². The number of rotatable bonds is 5. The molecule has 4 rings (SSSR count). The van der Waals surface area contributed by atoms with Crippen LogP contribution in [0.1, 0.15) is 66.8 Å². The quantitative estimate of drug-likeness (QED) is 0.902. The van der Waals surface area contributed by atoms with Crippen LogP contribution in [0.4, 0.5) is 0 Å². The molecule has 1 atom stereocenters. The topological polar surface area (TPSA) is 55.6 Å². The highest BCUT2D eigenvalue weighted by Crippen LogP contribution is 2.34. The van der Waals surface area contributed by atoms with Crippen LogP contribution in [0.3, 0.4) is 0 Å². The second-order valence-electron chi connectivity index (χ2n) is 7.32. The molecule has 24 heavy (non-hydrogen) atoms. The van der Waals surface area contributed by atoms with Crippen LogP contribution in [0.2, 0.25) is 0 Å². The van der Waals surface area contributed by atoms with E-state index < -0.39 is 0 Å². The summed E-state index contributed by atoms with van der Waals surface area (Å²) in [7, 11) is 0. The van der Waals surface area contributed by atoms with Gasteiger partial charge in [-0.1, -0.05) is 19.3 Å². The number of aromatic nitrogens is 4. The zero-order valence-electron chi connectivity index (χ0n) is 14.5. The molecule has 1 fully saturated rings. The van der Waals surface area contributed by atoms with Crippen molar-refractivity contribution in [2.24, 2.45) is 5.92 Å². The number of hydrogen-bond donors (Lipinski definition) is 1. The Kier molecular flexibility index (Phi) is 4.94. The van der Waals surface area contributed by atoms with Gasteiger partial charge in [0, 0.05) is 37.4 Å². The third-order valence-electron chi connectivity index (χ3n) is 5.49. The van der Waals surface area contributed by atoms with Crippen molar-refractivity contribution < 1.29 is 0 Å². The monoisotopic (exact) mass is 345 g/mol. The summed E-state index contributed by atoms with van der Waals surface area (Å²) in [6.07, 6.45) is 9.09. The SMILES string of the molecule is Cc1nnc2n1C[C@@H](CNCc1csc(C3CCCCC3)n1)CC2. The summed E-state index contributed by atoms with van der Waals surface area (Å²) in [5, 5.41) is 15.7. The molecule has 0 saturated heterocycles. The second kappa shape index (κ2) is 7.31. The molecule has 1 N–H and O–H groups in total. The first-order valence-electron chi connectivity index (χ1n) is 9.33. The smallest absolute Gasteiger partial charge is 0.133 e. The maximum absolute atomic E-state index is 4.89. The summed E-state index contributed by atoms with van der Waals surface area (Å²) in [6.45, 7) is 5.04. The molecule has 2 aromatic rings. The molecule has 130 valence electrons. The molecule has 2 aromatic heterocycles. The molecule has 2 aliphatic rings. The van der Waals surface area contributed by atoms with Crippen LogP contribution in [0, 0.1) is 12.8 Å². The van der Waals surface area contributed by atoms with Crippen LogP contribution in [-0.2, 0) is 19.5 Å². The fourth-order valence-corrected chi connectivity index (χ4v) is 5.03. The first-order chi connectivity index (χ1) is 11.8. The highest BCUT2D eigenvalue weighted by Gasteiger charge is 2.21. The number of aryl methyl sites for hydroxylation is 2. The van der Waals surface area contributed by atoms with Gasteiger partial charge in [-0.2, -0.15) is 0 Å². The Morgan fingerprint density at radius 2 is 2.08 bits per heavy atom. The van der Waals surface area contributed by atoms with Gasteiger partial charge in [0.15, 0.2) is 0 Å². The molecule has 0 bridgehead atoms. The summed E-state index contributed by atoms with van der Waals surface area (Å²) in [4.78, 5) is 4.89. The van der Waals surface area contributed by atoms with Gasteiger partial charge in [0.2, 0.25) is 0 Å². The van der Waals surface area contributed by atoms with Crippen molar-refractivity contribution in [3.8, 4) is 0 Å². The summed E-state index contributed by atoms with van der Waals surface area (Å²) >= 11 is 1.86. The maximum atomic E-state index is 4.89. The predicted molar refractivity (Wildman–Crippen MR) is 96.2 cm³/mol. The fraction of sp³-hybridized carbons (Fsp3) is 0.722. The van der Waals surface area contributed by atoms with Gasteiger partial charge in [-0.15, -0.1) is 21.5 Å². The van der Waals surface area contributed by atoms with Crippen LogP contribution in [-0.4, -0.2) is 26.3 Å². The largest absolute Gasteiger partial charge is 0.315 e. The van der Waals surface area contributed by atoms with E-state index in [4.69, 9.17) is 4.98 Å². The number of thiazole rings is 1. The molecule has 6 heteroatoms. The molecular formula is C18H27N5S. The van der Waals surface area contributed by atoms with Crippen LogP contribution in [0.25, 0.3) is 0 Å². The minimum absolute atomic E-state index is 0.670. The van der Waals surface area contributed by atoms with Gasteiger partial charge in [-0.05, 0) is 32.1 Å². The van der Waals surface area contributed by atoms with Gasteiger partial charge in [-0.25, -0.2) is 4.98 Å². The average molecular weight is 346 g/mol. The first kappa shape index (κ1) is 16.2. The van der Waals surface area contributed by atoms with Crippen molar-refractivity contribution in [3.05, 3.63) is 27.7 Å². The van der Waals surface area contributed by atoms with E-state index in [2.05, 4.69) is 25.5 Å². The Morgan fingerprint density at radius 1 is 1.21 bits per heavy atom. The van der Waals surface area contributed by atoms with Crippen molar-refractivity contribution in [3.63, 3.8) is 0 Å². The molecule has 1 saturated carbocycles. The van der Waals surface area contributed by atoms with Crippen LogP contribution < -0.4 is 5.32 Å². The zero-order valence-corrected chi connectivity index (χ0v) is 15.3. The van der Waals surface area contributed by atoms with Crippen LogP contribution in [0.15, 0.2) is 5.38 Å². The van der Waals surface area contributed by atoms with Crippen molar-refractivity contribution in [1.29, 1.82) is 0 Å². The molecule has 1 aliphatic carbocycles. The molecular weight excluding hydrogens is 318 g/mol. The standard InChI is InChI=1S/C18H27N5S/c1-13-21-22-17-8-7-14(11-23(13)17)9-19-10-16-12-24-18(20-16)15-5-3-2-4-6-15/h12,14-15,19H,2-11H2,1H3/t14-/m1/s1. The molecule has 1 aliphatic heterocycles. The lowest BCUT2D eigenvalue weighted by molar-refractivity contribution is 0.343. The Morgan fingerprint density at radius 3 is 2.96 bits per heavy atom. The predicted octanol–water partition coefficient (Wildman–Crippen LogP) is 3.44. The van der Waals surface area contributed by atoms with E-state index in [9.17, 15) is 0 Å². The highest BCUT2D eigenvalue weighted by atomic mass is 32.1. The zero-order chi connectivity index (χ0) is 16.4. The minimum atomic E-state index is 0.670. The lowest BCUT2D eigenvalue weighted by Gasteiger charge is -2.24. The lowest BCUT2D eigenvalue weighted by Crippen LogP contribution is -2.30. The van der Waals surface area contributed by atoms with E-state index in [1.54, 1.807) is 0 Å². The van der Waals surface area contributed by atoms with E-state index in [1.165, 1.54) is 49.2 Å². The molecule has 0 spiro atoms. The molecule has 5 nitrogen and oxygen atoms in total. The van der Waals surface area contributed by atoms with Crippen molar-refractivity contribution in [1.82, 2.24) is 25.1 Å². The Hall–Kier alpha value is -1.27. The molecule has 0 amide bonds. The van der Waals surface area contributed by atoms with Crippen molar-refractivity contribution in [2.75, 3.05) is 6.54 Å². The molecule has 0 radical (unpaired) electrons. The number of nitrogens with zero attached hydrogens (tertiary/aromatic N) is 4. The third kappa shape index (κ3) is 3.54. The number of hydrogen-bond acceptors (Lipinski definition) is 5. The van der Waals surface area contributed by atoms with Crippen molar-refractivity contribution in [2.45, 2.75) is 70.9 Å². The van der Waals surface area contributed by atoms with Crippen LogP contribution in [0.5, 0.6) is 0 Å². The van der Waals surface area contributed by atoms with E-state index in [-0.39, 0.29) is 0 Å².